The number of aliphatic hydroxyl groups excluding tert-OH is 1. The number of piperidine rings is 1. The predicted octanol–water partition coefficient (Wildman–Crippen LogP) is 0.880. The van der Waals surface area contributed by atoms with E-state index in [1.165, 1.54) is 0 Å². The van der Waals surface area contributed by atoms with Crippen molar-refractivity contribution >= 4 is 17.7 Å². The molecule has 0 aromatic heterocycles. The van der Waals surface area contributed by atoms with Crippen molar-refractivity contribution in [2.24, 2.45) is 0 Å². The number of carbonyl (C=O) groups is 1. The number of rotatable bonds is 5. The summed E-state index contributed by atoms with van der Waals surface area (Å²) >= 11 is 1.63. The van der Waals surface area contributed by atoms with Crippen molar-refractivity contribution in [1.29, 1.82) is 0 Å². The lowest BCUT2D eigenvalue weighted by Crippen LogP contribution is -2.48. The molecule has 2 saturated heterocycles. The molecule has 0 radical (unpaired) electrons. The lowest BCUT2D eigenvalue weighted by Gasteiger charge is -2.37. The number of carbonyl (C=O) groups excluding carboxylic acids is 1. The highest BCUT2D eigenvalue weighted by atomic mass is 32.2. The molecule has 1 amide bonds. The third kappa shape index (κ3) is 3.14. The maximum absolute atomic E-state index is 12.1. The standard InChI is InChI=1S/C12H21NO3S/c1-16-4-5-17-8-12(15)13-9-2-3-10(13)7-11(14)6-9/h9-11,14H,2-8H2,1H3. The minimum Gasteiger partial charge on any atom is -0.393 e. The van der Waals surface area contributed by atoms with Gasteiger partial charge in [0.25, 0.3) is 0 Å². The van der Waals surface area contributed by atoms with E-state index in [0.29, 0.717) is 24.4 Å². The molecule has 0 saturated carbocycles. The number of methoxy groups -OCH3 is 1. The van der Waals surface area contributed by atoms with E-state index in [0.717, 1.165) is 31.4 Å². The zero-order valence-corrected chi connectivity index (χ0v) is 11.1. The molecule has 0 aromatic carbocycles. The molecule has 0 spiro atoms. The Bertz CT molecular complexity index is 260. The van der Waals surface area contributed by atoms with Gasteiger partial charge in [0, 0.05) is 24.9 Å². The van der Waals surface area contributed by atoms with Gasteiger partial charge < -0.3 is 14.7 Å². The van der Waals surface area contributed by atoms with Gasteiger partial charge in [-0.3, -0.25) is 4.79 Å². The summed E-state index contributed by atoms with van der Waals surface area (Å²) in [6, 6.07) is 0.582. The number of fused-ring (bicyclic) bond motifs is 2. The van der Waals surface area contributed by atoms with Gasteiger partial charge in [0.1, 0.15) is 0 Å². The van der Waals surface area contributed by atoms with Gasteiger partial charge in [0.05, 0.1) is 18.5 Å². The van der Waals surface area contributed by atoms with Gasteiger partial charge in [0.15, 0.2) is 0 Å². The van der Waals surface area contributed by atoms with E-state index >= 15 is 0 Å². The lowest BCUT2D eigenvalue weighted by atomic mass is 10.00. The van der Waals surface area contributed by atoms with E-state index in [1.54, 1.807) is 18.9 Å². The molecule has 98 valence electrons. The second kappa shape index (κ2) is 6.07. The Morgan fingerprint density at radius 1 is 1.41 bits per heavy atom. The van der Waals surface area contributed by atoms with Gasteiger partial charge in [-0.2, -0.15) is 0 Å². The van der Waals surface area contributed by atoms with Gasteiger partial charge in [-0.15, -0.1) is 11.8 Å². The summed E-state index contributed by atoms with van der Waals surface area (Å²) < 4.78 is 4.96. The molecular formula is C12H21NO3S. The Morgan fingerprint density at radius 3 is 2.65 bits per heavy atom. The number of hydrogen-bond acceptors (Lipinski definition) is 4. The molecular weight excluding hydrogens is 238 g/mol. The second-order valence-electron chi connectivity index (χ2n) is 4.86. The van der Waals surface area contributed by atoms with Crippen LogP contribution in [0.5, 0.6) is 0 Å². The second-order valence-corrected chi connectivity index (χ2v) is 5.96. The van der Waals surface area contributed by atoms with E-state index in [9.17, 15) is 9.90 Å². The molecule has 2 unspecified atom stereocenters. The van der Waals surface area contributed by atoms with Gasteiger partial charge in [-0.25, -0.2) is 0 Å². The van der Waals surface area contributed by atoms with E-state index in [4.69, 9.17) is 4.74 Å². The van der Waals surface area contributed by atoms with E-state index in [2.05, 4.69) is 0 Å². The average Bonchev–Trinajstić information content (AvgIpc) is 2.57. The van der Waals surface area contributed by atoms with Gasteiger partial charge in [-0.1, -0.05) is 0 Å². The Morgan fingerprint density at radius 2 is 2.06 bits per heavy atom. The molecule has 2 aliphatic rings. The molecule has 2 aliphatic heterocycles. The van der Waals surface area contributed by atoms with Crippen LogP contribution in [0.25, 0.3) is 0 Å². The molecule has 2 bridgehead atoms. The fourth-order valence-electron chi connectivity index (χ4n) is 2.93. The van der Waals surface area contributed by atoms with Crippen LogP contribution in [0, 0.1) is 0 Å². The zero-order chi connectivity index (χ0) is 12.3. The van der Waals surface area contributed by atoms with Crippen LogP contribution < -0.4 is 0 Å². The van der Waals surface area contributed by atoms with E-state index < -0.39 is 0 Å². The highest BCUT2D eigenvalue weighted by Gasteiger charge is 2.42. The lowest BCUT2D eigenvalue weighted by molar-refractivity contribution is -0.134. The van der Waals surface area contributed by atoms with Crippen LogP contribution in [0.2, 0.25) is 0 Å². The summed E-state index contributed by atoms with van der Waals surface area (Å²) in [5.74, 6) is 1.66. The average molecular weight is 259 g/mol. The molecule has 5 heteroatoms. The summed E-state index contributed by atoms with van der Waals surface area (Å²) in [5, 5.41) is 9.68. The first-order valence-electron chi connectivity index (χ1n) is 6.28. The third-order valence-electron chi connectivity index (χ3n) is 3.65. The van der Waals surface area contributed by atoms with Crippen molar-refractivity contribution < 1.29 is 14.6 Å². The van der Waals surface area contributed by atoms with Crippen LogP contribution in [-0.4, -0.2) is 59.3 Å². The van der Waals surface area contributed by atoms with Crippen LogP contribution in [0.1, 0.15) is 25.7 Å². The Labute approximate surface area is 107 Å². The number of amides is 1. The minimum absolute atomic E-state index is 0.197. The molecule has 0 aliphatic carbocycles. The first kappa shape index (κ1) is 13.2. The molecule has 4 nitrogen and oxygen atoms in total. The van der Waals surface area contributed by atoms with Crippen LogP contribution in [0.4, 0.5) is 0 Å². The topological polar surface area (TPSA) is 49.8 Å². The van der Waals surface area contributed by atoms with Crippen molar-refractivity contribution in [1.82, 2.24) is 4.90 Å². The molecule has 0 aromatic rings. The number of nitrogens with zero attached hydrogens (tertiary/aromatic N) is 1. The number of hydrogen-bond donors (Lipinski definition) is 1. The summed E-state index contributed by atoms with van der Waals surface area (Å²) in [6.07, 6.45) is 3.47. The summed E-state index contributed by atoms with van der Waals surface area (Å²) in [7, 11) is 1.68. The third-order valence-corrected chi connectivity index (χ3v) is 4.56. The minimum atomic E-state index is -0.197. The van der Waals surface area contributed by atoms with Crippen molar-refractivity contribution in [2.45, 2.75) is 43.9 Å². The van der Waals surface area contributed by atoms with Gasteiger partial charge in [0.2, 0.25) is 5.91 Å². The molecule has 17 heavy (non-hydrogen) atoms. The fourth-order valence-corrected chi connectivity index (χ4v) is 3.68. The first-order valence-corrected chi connectivity index (χ1v) is 7.43. The summed E-state index contributed by atoms with van der Waals surface area (Å²) in [4.78, 5) is 14.1. The molecule has 2 heterocycles. The maximum atomic E-state index is 12.1. The van der Waals surface area contributed by atoms with Crippen LogP contribution >= 0.6 is 11.8 Å². The van der Waals surface area contributed by atoms with Crippen molar-refractivity contribution in [2.75, 3.05) is 25.2 Å². The molecule has 2 rings (SSSR count). The summed E-state index contributed by atoms with van der Waals surface area (Å²) in [5.41, 5.74) is 0. The zero-order valence-electron chi connectivity index (χ0n) is 10.3. The Kier molecular flexibility index (Phi) is 4.70. The van der Waals surface area contributed by atoms with E-state index in [1.807, 2.05) is 4.90 Å². The normalized spacial score (nSPS) is 31.9. The molecule has 2 fully saturated rings. The molecule has 1 N–H and O–H groups in total. The largest absolute Gasteiger partial charge is 0.393 e. The smallest absolute Gasteiger partial charge is 0.233 e. The fraction of sp³-hybridized carbons (Fsp3) is 0.917. The Balaban J connectivity index is 1.80. The SMILES string of the molecule is COCCSCC(=O)N1C2CCC1CC(O)C2. The van der Waals surface area contributed by atoms with Gasteiger partial charge in [-0.05, 0) is 25.7 Å². The number of ether oxygens (including phenoxy) is 1. The van der Waals surface area contributed by atoms with Gasteiger partial charge >= 0.3 is 0 Å². The molecule has 2 atom stereocenters. The predicted molar refractivity (Wildman–Crippen MR) is 68.1 cm³/mol. The summed E-state index contributed by atoms with van der Waals surface area (Å²) in [6.45, 7) is 0.698. The van der Waals surface area contributed by atoms with Crippen LogP contribution in [-0.2, 0) is 9.53 Å². The van der Waals surface area contributed by atoms with Crippen molar-refractivity contribution in [3.05, 3.63) is 0 Å². The van der Waals surface area contributed by atoms with Crippen molar-refractivity contribution in [3.63, 3.8) is 0 Å². The van der Waals surface area contributed by atoms with Crippen LogP contribution in [0.3, 0.4) is 0 Å². The van der Waals surface area contributed by atoms with Crippen LogP contribution in [0.15, 0.2) is 0 Å². The van der Waals surface area contributed by atoms with E-state index in [-0.39, 0.29) is 12.0 Å². The number of aliphatic hydroxyl groups is 1. The number of thioether (sulfide) groups is 1. The monoisotopic (exact) mass is 259 g/mol. The van der Waals surface area contributed by atoms with Crippen molar-refractivity contribution in [3.8, 4) is 0 Å². The maximum Gasteiger partial charge on any atom is 0.233 e. The quantitative estimate of drug-likeness (QED) is 0.745. The highest BCUT2D eigenvalue weighted by Crippen LogP contribution is 2.36. The Hall–Kier alpha value is -0.260. The highest BCUT2D eigenvalue weighted by molar-refractivity contribution is 7.99. The first-order chi connectivity index (χ1) is 8.22.